The largest absolute Gasteiger partial charge is 0.492 e. The third-order valence-electron chi connectivity index (χ3n) is 1.98. The van der Waals surface area contributed by atoms with E-state index in [0.29, 0.717) is 18.9 Å². The zero-order valence-electron chi connectivity index (χ0n) is 9.24. The number of benzene rings is 1. The summed E-state index contributed by atoms with van der Waals surface area (Å²) in [5, 5.41) is 8.62. The van der Waals surface area contributed by atoms with Crippen LogP contribution < -0.4 is 4.74 Å². The van der Waals surface area contributed by atoms with E-state index in [9.17, 15) is 9.18 Å². The van der Waals surface area contributed by atoms with Crippen molar-refractivity contribution in [2.75, 3.05) is 27.2 Å². The van der Waals surface area contributed by atoms with E-state index in [-0.39, 0.29) is 5.56 Å². The van der Waals surface area contributed by atoms with E-state index in [2.05, 4.69) is 0 Å². The van der Waals surface area contributed by atoms with Crippen LogP contribution in [0.1, 0.15) is 10.4 Å². The lowest BCUT2D eigenvalue weighted by molar-refractivity contribution is 0.0692. The average Bonchev–Trinajstić information content (AvgIpc) is 2.16. The maximum absolute atomic E-state index is 13.2. The highest BCUT2D eigenvalue weighted by atomic mass is 19.1. The molecule has 1 rings (SSSR count). The number of rotatable bonds is 5. The molecule has 0 saturated carbocycles. The SMILES string of the molecule is CN(C)CCOc1ccc(C(=O)O)c(F)c1. The van der Waals surface area contributed by atoms with Gasteiger partial charge in [-0.05, 0) is 26.2 Å². The number of hydrogen-bond donors (Lipinski definition) is 1. The Morgan fingerprint density at radius 2 is 2.19 bits per heavy atom. The van der Waals surface area contributed by atoms with Crippen LogP contribution in [0.25, 0.3) is 0 Å². The van der Waals surface area contributed by atoms with Crippen LogP contribution in [0, 0.1) is 5.82 Å². The van der Waals surface area contributed by atoms with Gasteiger partial charge >= 0.3 is 5.97 Å². The summed E-state index contributed by atoms with van der Waals surface area (Å²) < 4.78 is 18.5. The Kier molecular flexibility index (Phi) is 4.25. The van der Waals surface area contributed by atoms with Crippen LogP contribution in [0.5, 0.6) is 5.75 Å². The fraction of sp³-hybridized carbons (Fsp3) is 0.364. The first kappa shape index (κ1) is 12.4. The molecule has 0 aliphatic heterocycles. The van der Waals surface area contributed by atoms with E-state index in [0.717, 1.165) is 6.07 Å². The minimum absolute atomic E-state index is 0.337. The fourth-order valence-electron chi connectivity index (χ4n) is 1.11. The monoisotopic (exact) mass is 227 g/mol. The Labute approximate surface area is 93.3 Å². The van der Waals surface area contributed by atoms with Crippen LogP contribution >= 0.6 is 0 Å². The molecule has 0 fully saturated rings. The summed E-state index contributed by atoms with van der Waals surface area (Å²) in [6, 6.07) is 3.73. The zero-order valence-corrected chi connectivity index (χ0v) is 9.24. The molecule has 16 heavy (non-hydrogen) atoms. The summed E-state index contributed by atoms with van der Waals surface area (Å²) in [7, 11) is 3.80. The van der Waals surface area contributed by atoms with Crippen LogP contribution in [0.15, 0.2) is 18.2 Å². The maximum atomic E-state index is 13.2. The number of aromatic carboxylic acids is 1. The normalized spacial score (nSPS) is 10.5. The second-order valence-corrected chi connectivity index (χ2v) is 3.60. The van der Waals surface area contributed by atoms with Crippen molar-refractivity contribution in [1.82, 2.24) is 4.90 Å². The Balaban J connectivity index is 2.63. The van der Waals surface area contributed by atoms with Gasteiger partial charge in [0.2, 0.25) is 0 Å². The van der Waals surface area contributed by atoms with E-state index < -0.39 is 11.8 Å². The van der Waals surface area contributed by atoms with Crippen molar-refractivity contribution in [2.24, 2.45) is 0 Å². The highest BCUT2D eigenvalue weighted by Gasteiger charge is 2.10. The molecule has 0 amide bonds. The van der Waals surface area contributed by atoms with Crippen molar-refractivity contribution in [3.8, 4) is 5.75 Å². The number of hydrogen-bond acceptors (Lipinski definition) is 3. The van der Waals surface area contributed by atoms with E-state index in [1.54, 1.807) is 0 Å². The van der Waals surface area contributed by atoms with Crippen LogP contribution in [0.4, 0.5) is 4.39 Å². The molecule has 0 aliphatic carbocycles. The molecular formula is C11H14FNO3. The van der Waals surface area contributed by atoms with E-state index >= 15 is 0 Å². The lowest BCUT2D eigenvalue weighted by atomic mass is 10.2. The summed E-state index contributed by atoms with van der Waals surface area (Å²) in [5.41, 5.74) is -0.347. The van der Waals surface area contributed by atoms with Gasteiger partial charge in [-0.3, -0.25) is 0 Å². The van der Waals surface area contributed by atoms with Gasteiger partial charge in [-0.1, -0.05) is 0 Å². The van der Waals surface area contributed by atoms with Gasteiger partial charge in [-0.2, -0.15) is 0 Å². The van der Waals surface area contributed by atoms with Crippen LogP contribution in [-0.2, 0) is 0 Å². The smallest absolute Gasteiger partial charge is 0.338 e. The van der Waals surface area contributed by atoms with Gasteiger partial charge in [0.05, 0.1) is 5.56 Å². The van der Waals surface area contributed by atoms with Gasteiger partial charge in [-0.15, -0.1) is 0 Å². The molecule has 0 radical (unpaired) electrons. The number of ether oxygens (including phenoxy) is 1. The molecule has 1 aromatic rings. The molecule has 88 valence electrons. The molecule has 4 nitrogen and oxygen atoms in total. The second kappa shape index (κ2) is 5.46. The summed E-state index contributed by atoms with van der Waals surface area (Å²) in [6.07, 6.45) is 0. The van der Waals surface area contributed by atoms with Gasteiger partial charge in [0, 0.05) is 12.6 Å². The van der Waals surface area contributed by atoms with Crippen molar-refractivity contribution >= 4 is 5.97 Å². The topological polar surface area (TPSA) is 49.8 Å². The van der Waals surface area contributed by atoms with Gasteiger partial charge in [0.1, 0.15) is 18.2 Å². The van der Waals surface area contributed by atoms with E-state index in [1.165, 1.54) is 12.1 Å². The quantitative estimate of drug-likeness (QED) is 0.827. The first-order chi connectivity index (χ1) is 7.50. The number of likely N-dealkylation sites (N-methyl/N-ethyl adjacent to an activating group) is 1. The third-order valence-corrected chi connectivity index (χ3v) is 1.98. The minimum Gasteiger partial charge on any atom is -0.492 e. The predicted molar refractivity (Wildman–Crippen MR) is 57.4 cm³/mol. The predicted octanol–water partition coefficient (Wildman–Crippen LogP) is 1.46. The van der Waals surface area contributed by atoms with Gasteiger partial charge < -0.3 is 14.7 Å². The van der Waals surface area contributed by atoms with Crippen molar-refractivity contribution in [2.45, 2.75) is 0 Å². The first-order valence-corrected chi connectivity index (χ1v) is 4.81. The molecule has 1 N–H and O–H groups in total. The molecule has 0 spiro atoms. The molecule has 0 unspecified atom stereocenters. The number of nitrogens with zero attached hydrogens (tertiary/aromatic N) is 1. The highest BCUT2D eigenvalue weighted by Crippen LogP contribution is 2.16. The molecule has 0 aromatic heterocycles. The van der Waals surface area contributed by atoms with Crippen molar-refractivity contribution < 1.29 is 19.0 Å². The standard InChI is InChI=1S/C11H14FNO3/c1-13(2)5-6-16-8-3-4-9(11(14)15)10(12)7-8/h3-4,7H,5-6H2,1-2H3,(H,14,15). The van der Waals surface area contributed by atoms with Crippen molar-refractivity contribution in [3.63, 3.8) is 0 Å². The number of carboxylic acids is 1. The molecule has 0 aliphatic rings. The summed E-state index contributed by atoms with van der Waals surface area (Å²) in [6.45, 7) is 1.14. The second-order valence-electron chi connectivity index (χ2n) is 3.60. The van der Waals surface area contributed by atoms with Crippen molar-refractivity contribution in [1.29, 1.82) is 0 Å². The Bertz CT molecular complexity index is 379. The zero-order chi connectivity index (χ0) is 12.1. The van der Waals surface area contributed by atoms with Crippen LogP contribution in [0.2, 0.25) is 0 Å². The molecular weight excluding hydrogens is 213 g/mol. The molecule has 0 heterocycles. The molecule has 0 saturated heterocycles. The minimum atomic E-state index is -1.28. The lowest BCUT2D eigenvalue weighted by Gasteiger charge is -2.11. The number of carbonyl (C=O) groups is 1. The van der Waals surface area contributed by atoms with E-state index in [4.69, 9.17) is 9.84 Å². The van der Waals surface area contributed by atoms with E-state index in [1.807, 2.05) is 19.0 Å². The van der Waals surface area contributed by atoms with Gasteiger partial charge in [0.25, 0.3) is 0 Å². The first-order valence-electron chi connectivity index (χ1n) is 4.81. The molecule has 1 aromatic carbocycles. The maximum Gasteiger partial charge on any atom is 0.338 e. The third kappa shape index (κ3) is 3.51. The molecule has 5 heteroatoms. The van der Waals surface area contributed by atoms with Gasteiger partial charge in [0.15, 0.2) is 0 Å². The van der Waals surface area contributed by atoms with Crippen molar-refractivity contribution in [3.05, 3.63) is 29.6 Å². The Morgan fingerprint density at radius 3 is 2.69 bits per heavy atom. The van der Waals surface area contributed by atoms with Crippen LogP contribution in [-0.4, -0.2) is 43.2 Å². The Morgan fingerprint density at radius 1 is 1.50 bits per heavy atom. The van der Waals surface area contributed by atoms with Gasteiger partial charge in [-0.25, -0.2) is 9.18 Å². The summed E-state index contributed by atoms with van der Waals surface area (Å²) in [4.78, 5) is 12.5. The fourth-order valence-corrected chi connectivity index (χ4v) is 1.11. The average molecular weight is 227 g/mol. The summed E-state index contributed by atoms with van der Waals surface area (Å²) >= 11 is 0. The molecule has 0 bridgehead atoms. The molecule has 0 atom stereocenters. The Hall–Kier alpha value is -1.62. The number of carboxylic acid groups (broad SMARTS) is 1. The van der Waals surface area contributed by atoms with Crippen LogP contribution in [0.3, 0.4) is 0 Å². The number of halogens is 1. The highest BCUT2D eigenvalue weighted by molar-refractivity contribution is 5.88. The lowest BCUT2D eigenvalue weighted by Crippen LogP contribution is -2.19. The summed E-state index contributed by atoms with van der Waals surface area (Å²) in [5.74, 6) is -1.73.